The van der Waals surface area contributed by atoms with Crippen LogP contribution in [0, 0.1) is 5.92 Å². The van der Waals surface area contributed by atoms with Gasteiger partial charge >= 0.3 is 0 Å². The van der Waals surface area contributed by atoms with Gasteiger partial charge in [-0.1, -0.05) is 0 Å². The number of hydrogen-bond acceptors (Lipinski definition) is 5. The number of ether oxygens (including phenoxy) is 2. The molecule has 0 bridgehead atoms. The van der Waals surface area contributed by atoms with Crippen LogP contribution in [0.15, 0.2) is 41.4 Å². The van der Waals surface area contributed by atoms with Crippen LogP contribution >= 0.6 is 11.3 Å². The summed E-state index contributed by atoms with van der Waals surface area (Å²) in [6.45, 7) is 3.12. The van der Waals surface area contributed by atoms with Gasteiger partial charge in [-0.25, -0.2) is 0 Å². The molecule has 4 heterocycles. The molecule has 2 aliphatic heterocycles. The van der Waals surface area contributed by atoms with Crippen molar-refractivity contribution in [2.45, 2.75) is 37.7 Å². The Labute approximate surface area is 164 Å². The lowest BCUT2D eigenvalue weighted by Crippen LogP contribution is -2.50. The van der Waals surface area contributed by atoms with Crippen molar-refractivity contribution in [2.75, 3.05) is 26.3 Å². The van der Waals surface area contributed by atoms with E-state index in [1.54, 1.807) is 23.7 Å². The monoisotopic (exact) mass is 386 g/mol. The zero-order valence-corrected chi connectivity index (χ0v) is 16.3. The molecule has 0 aliphatic carbocycles. The van der Waals surface area contributed by atoms with Gasteiger partial charge in [0.05, 0.1) is 17.8 Å². The lowest BCUT2D eigenvalue weighted by molar-refractivity contribution is -0.125. The average molecular weight is 387 g/mol. The van der Waals surface area contributed by atoms with Gasteiger partial charge in [-0.15, -0.1) is 0 Å². The molecule has 2 fully saturated rings. The average Bonchev–Trinajstić information content (AvgIpc) is 3.24. The number of likely N-dealkylation sites (tertiary alicyclic amines) is 1. The largest absolute Gasteiger partial charge is 0.493 e. The van der Waals surface area contributed by atoms with Gasteiger partial charge in [0.25, 0.3) is 5.91 Å². The Bertz CT molecular complexity index is 727. The van der Waals surface area contributed by atoms with Crippen LogP contribution in [-0.2, 0) is 4.74 Å². The van der Waals surface area contributed by atoms with Crippen LogP contribution in [0.5, 0.6) is 5.75 Å². The van der Waals surface area contributed by atoms with Crippen LogP contribution in [0.3, 0.4) is 0 Å². The van der Waals surface area contributed by atoms with Gasteiger partial charge in [0.15, 0.2) is 0 Å². The zero-order valence-electron chi connectivity index (χ0n) is 15.5. The van der Waals surface area contributed by atoms with Crippen molar-refractivity contribution in [2.24, 2.45) is 5.92 Å². The second kappa shape index (κ2) is 8.40. The highest BCUT2D eigenvalue weighted by Gasteiger charge is 2.41. The molecule has 5 nitrogen and oxygen atoms in total. The van der Waals surface area contributed by atoms with E-state index in [0.717, 1.165) is 69.7 Å². The third kappa shape index (κ3) is 4.50. The van der Waals surface area contributed by atoms with Gasteiger partial charge in [0.1, 0.15) is 5.75 Å². The molecule has 27 heavy (non-hydrogen) atoms. The molecule has 2 aromatic heterocycles. The molecule has 2 aromatic rings. The first-order valence-electron chi connectivity index (χ1n) is 9.72. The quantitative estimate of drug-likeness (QED) is 0.779. The Balaban J connectivity index is 1.26. The molecule has 2 aliphatic rings. The minimum absolute atomic E-state index is 0.0506. The summed E-state index contributed by atoms with van der Waals surface area (Å²) in [5, 5.41) is 3.89. The fourth-order valence-electron chi connectivity index (χ4n) is 4.19. The molecule has 0 radical (unpaired) electrons. The number of aromatic nitrogens is 1. The first-order valence-corrected chi connectivity index (χ1v) is 10.7. The van der Waals surface area contributed by atoms with Crippen molar-refractivity contribution in [3.63, 3.8) is 0 Å². The van der Waals surface area contributed by atoms with Crippen molar-refractivity contribution >= 4 is 17.2 Å². The second-order valence-corrected chi connectivity index (χ2v) is 8.29. The van der Waals surface area contributed by atoms with Crippen molar-refractivity contribution in [1.29, 1.82) is 0 Å². The Kier molecular flexibility index (Phi) is 5.74. The standard InChI is InChI=1S/C21H26N2O3S/c24-20(18-5-14-27-16-18)23-10-6-21(7-11-23)15-17(4-13-26-21)3-12-25-19-1-8-22-9-2-19/h1-2,5,8-9,14,16-17H,3-4,6-7,10-13,15H2. The van der Waals surface area contributed by atoms with Gasteiger partial charge in [0, 0.05) is 37.5 Å². The normalized spacial score (nSPS) is 21.9. The van der Waals surface area contributed by atoms with E-state index >= 15 is 0 Å². The maximum atomic E-state index is 12.5. The number of amides is 1. The number of carbonyl (C=O) groups excluding carboxylic acids is 1. The summed E-state index contributed by atoms with van der Waals surface area (Å²) in [5.74, 6) is 1.66. The molecule has 6 heteroatoms. The van der Waals surface area contributed by atoms with E-state index in [4.69, 9.17) is 9.47 Å². The van der Waals surface area contributed by atoms with Crippen LogP contribution in [0.25, 0.3) is 0 Å². The van der Waals surface area contributed by atoms with Crippen LogP contribution in [-0.4, -0.2) is 47.7 Å². The summed E-state index contributed by atoms with van der Waals surface area (Å²) in [5.41, 5.74) is 0.761. The fourth-order valence-corrected chi connectivity index (χ4v) is 4.82. The molecule has 1 atom stereocenters. The molecule has 1 unspecified atom stereocenters. The predicted molar refractivity (Wildman–Crippen MR) is 105 cm³/mol. The van der Waals surface area contributed by atoms with Crippen molar-refractivity contribution < 1.29 is 14.3 Å². The van der Waals surface area contributed by atoms with E-state index in [1.807, 2.05) is 33.9 Å². The molecule has 0 N–H and O–H groups in total. The minimum atomic E-state index is -0.0506. The fraction of sp³-hybridized carbons (Fsp3) is 0.524. The Morgan fingerprint density at radius 2 is 2.11 bits per heavy atom. The van der Waals surface area contributed by atoms with Gasteiger partial charge in [-0.2, -0.15) is 11.3 Å². The maximum absolute atomic E-state index is 12.5. The molecule has 1 amide bonds. The number of carbonyl (C=O) groups is 1. The van der Waals surface area contributed by atoms with E-state index in [2.05, 4.69) is 4.98 Å². The Morgan fingerprint density at radius 1 is 1.30 bits per heavy atom. The Morgan fingerprint density at radius 3 is 2.85 bits per heavy atom. The predicted octanol–water partition coefficient (Wildman–Crippen LogP) is 4.01. The number of piperidine rings is 1. The lowest BCUT2D eigenvalue weighted by Gasteiger charge is -2.46. The molecule has 144 valence electrons. The highest BCUT2D eigenvalue weighted by atomic mass is 32.1. The molecule has 0 aromatic carbocycles. The van der Waals surface area contributed by atoms with E-state index in [-0.39, 0.29) is 11.5 Å². The van der Waals surface area contributed by atoms with Crippen LogP contribution < -0.4 is 4.74 Å². The second-order valence-electron chi connectivity index (χ2n) is 7.51. The smallest absolute Gasteiger partial charge is 0.254 e. The molecular formula is C21H26N2O3S. The van der Waals surface area contributed by atoms with E-state index in [1.165, 1.54) is 0 Å². The van der Waals surface area contributed by atoms with Gasteiger partial charge < -0.3 is 14.4 Å². The lowest BCUT2D eigenvalue weighted by atomic mass is 9.78. The van der Waals surface area contributed by atoms with E-state index in [0.29, 0.717) is 5.92 Å². The van der Waals surface area contributed by atoms with E-state index < -0.39 is 0 Å². The molecule has 1 spiro atoms. The molecule has 0 saturated carbocycles. The number of hydrogen-bond donors (Lipinski definition) is 0. The maximum Gasteiger partial charge on any atom is 0.254 e. The Hall–Kier alpha value is -1.92. The summed E-state index contributed by atoms with van der Waals surface area (Å²) < 4.78 is 12.1. The van der Waals surface area contributed by atoms with Crippen LogP contribution in [0.1, 0.15) is 42.5 Å². The van der Waals surface area contributed by atoms with Crippen molar-refractivity contribution in [3.8, 4) is 5.75 Å². The topological polar surface area (TPSA) is 51.7 Å². The molecule has 2 saturated heterocycles. The zero-order chi connectivity index (χ0) is 18.5. The third-order valence-corrected chi connectivity index (χ3v) is 6.45. The van der Waals surface area contributed by atoms with Crippen LogP contribution in [0.2, 0.25) is 0 Å². The highest BCUT2D eigenvalue weighted by molar-refractivity contribution is 7.08. The van der Waals surface area contributed by atoms with E-state index in [9.17, 15) is 4.79 Å². The van der Waals surface area contributed by atoms with Crippen molar-refractivity contribution in [1.82, 2.24) is 9.88 Å². The summed E-state index contributed by atoms with van der Waals surface area (Å²) in [6.07, 6.45) is 8.60. The first kappa shape index (κ1) is 18.4. The number of thiophene rings is 1. The summed E-state index contributed by atoms with van der Waals surface area (Å²) >= 11 is 1.57. The van der Waals surface area contributed by atoms with Gasteiger partial charge in [0.2, 0.25) is 0 Å². The third-order valence-electron chi connectivity index (χ3n) is 5.77. The van der Waals surface area contributed by atoms with Gasteiger partial charge in [-0.05, 0) is 61.6 Å². The first-order chi connectivity index (χ1) is 13.2. The number of nitrogens with zero attached hydrogens (tertiary/aromatic N) is 2. The number of rotatable bonds is 5. The summed E-state index contributed by atoms with van der Waals surface area (Å²) in [6, 6.07) is 5.70. The number of pyridine rings is 1. The SMILES string of the molecule is O=C(c1ccsc1)N1CCC2(CC1)CC(CCOc1ccncc1)CCO2. The molecular weight excluding hydrogens is 360 g/mol. The van der Waals surface area contributed by atoms with Crippen molar-refractivity contribution in [3.05, 3.63) is 46.9 Å². The summed E-state index contributed by atoms with van der Waals surface area (Å²) in [7, 11) is 0. The molecule has 4 rings (SSSR count). The highest BCUT2D eigenvalue weighted by Crippen LogP contribution is 2.39. The van der Waals surface area contributed by atoms with Crippen LogP contribution in [0.4, 0.5) is 0 Å². The minimum Gasteiger partial charge on any atom is -0.493 e. The summed E-state index contributed by atoms with van der Waals surface area (Å²) in [4.78, 5) is 18.5. The van der Waals surface area contributed by atoms with Gasteiger partial charge in [-0.3, -0.25) is 9.78 Å².